The summed E-state index contributed by atoms with van der Waals surface area (Å²) in [5.41, 5.74) is 6.50. The van der Waals surface area contributed by atoms with Crippen LogP contribution in [0.5, 0.6) is 5.75 Å². The van der Waals surface area contributed by atoms with Crippen LogP contribution in [0, 0.1) is 20.8 Å². The van der Waals surface area contributed by atoms with Crippen molar-refractivity contribution in [1.29, 1.82) is 0 Å². The van der Waals surface area contributed by atoms with Gasteiger partial charge in [0.15, 0.2) is 6.61 Å². The van der Waals surface area contributed by atoms with E-state index in [1.807, 2.05) is 43.3 Å². The Hall–Kier alpha value is -2.98. The van der Waals surface area contributed by atoms with Gasteiger partial charge in [0.2, 0.25) is 0 Å². The summed E-state index contributed by atoms with van der Waals surface area (Å²) in [7, 11) is 0. The molecule has 1 amide bonds. The maximum absolute atomic E-state index is 12.1. The normalized spacial score (nSPS) is 10.5. The van der Waals surface area contributed by atoms with Crippen LogP contribution in [0.1, 0.15) is 22.3 Å². The molecule has 0 radical (unpaired) electrons. The lowest BCUT2D eigenvalue weighted by molar-refractivity contribution is -0.118. The molecule has 0 aliphatic heterocycles. The largest absolute Gasteiger partial charge is 0.482 e. The molecule has 3 aromatic rings. The zero-order valence-electron chi connectivity index (χ0n) is 16.9. The molecular weight excluding hydrogens is 384 g/mol. The number of ether oxygens (including phenoxy) is 1. The van der Waals surface area contributed by atoms with Gasteiger partial charge in [0, 0.05) is 17.9 Å². The van der Waals surface area contributed by atoms with Crippen molar-refractivity contribution in [1.82, 2.24) is 0 Å². The molecule has 0 bridgehead atoms. The van der Waals surface area contributed by atoms with Crippen molar-refractivity contribution in [2.45, 2.75) is 27.3 Å². The SMILES string of the molecule is Cc1ccc(NC(=O)COc2ccc(CNc3ccc(C)c(C)c3)cc2Cl)cc1. The fourth-order valence-electron chi connectivity index (χ4n) is 2.80. The summed E-state index contributed by atoms with van der Waals surface area (Å²) in [4.78, 5) is 12.1. The minimum Gasteiger partial charge on any atom is -0.482 e. The Morgan fingerprint density at radius 3 is 2.31 bits per heavy atom. The van der Waals surface area contributed by atoms with Crippen LogP contribution < -0.4 is 15.4 Å². The summed E-state index contributed by atoms with van der Waals surface area (Å²) in [6, 6.07) is 19.5. The van der Waals surface area contributed by atoms with Gasteiger partial charge in [-0.05, 0) is 73.9 Å². The van der Waals surface area contributed by atoms with E-state index in [0.717, 1.165) is 22.5 Å². The van der Waals surface area contributed by atoms with Crippen LogP contribution >= 0.6 is 11.6 Å². The molecule has 3 rings (SSSR count). The van der Waals surface area contributed by atoms with Gasteiger partial charge in [-0.2, -0.15) is 0 Å². The molecule has 0 fully saturated rings. The van der Waals surface area contributed by atoms with E-state index in [0.29, 0.717) is 17.3 Å². The number of carbonyl (C=O) groups excluding carboxylic acids is 1. The Morgan fingerprint density at radius 2 is 1.62 bits per heavy atom. The van der Waals surface area contributed by atoms with Crippen LogP contribution in [-0.4, -0.2) is 12.5 Å². The molecule has 3 aromatic carbocycles. The van der Waals surface area contributed by atoms with Gasteiger partial charge in [0.1, 0.15) is 5.75 Å². The average molecular weight is 409 g/mol. The number of halogens is 1. The van der Waals surface area contributed by atoms with Gasteiger partial charge in [-0.15, -0.1) is 0 Å². The number of rotatable bonds is 7. The number of hydrogen-bond acceptors (Lipinski definition) is 3. The highest BCUT2D eigenvalue weighted by atomic mass is 35.5. The molecule has 2 N–H and O–H groups in total. The summed E-state index contributed by atoms with van der Waals surface area (Å²) < 4.78 is 5.58. The molecule has 0 atom stereocenters. The van der Waals surface area contributed by atoms with Crippen molar-refractivity contribution < 1.29 is 9.53 Å². The van der Waals surface area contributed by atoms with Crippen molar-refractivity contribution in [2.24, 2.45) is 0 Å². The van der Waals surface area contributed by atoms with Gasteiger partial charge in [0.05, 0.1) is 5.02 Å². The number of hydrogen-bond donors (Lipinski definition) is 2. The second-order valence-electron chi connectivity index (χ2n) is 7.12. The Labute approximate surface area is 176 Å². The van der Waals surface area contributed by atoms with Crippen LogP contribution in [0.25, 0.3) is 0 Å². The van der Waals surface area contributed by atoms with E-state index in [4.69, 9.17) is 16.3 Å². The molecule has 150 valence electrons. The molecule has 29 heavy (non-hydrogen) atoms. The van der Waals surface area contributed by atoms with Gasteiger partial charge < -0.3 is 15.4 Å². The number of aryl methyl sites for hydroxylation is 3. The molecule has 0 aromatic heterocycles. The molecule has 0 heterocycles. The summed E-state index contributed by atoms with van der Waals surface area (Å²) in [6.07, 6.45) is 0. The van der Waals surface area contributed by atoms with Gasteiger partial charge >= 0.3 is 0 Å². The zero-order chi connectivity index (χ0) is 20.8. The Morgan fingerprint density at radius 1 is 0.897 bits per heavy atom. The quantitative estimate of drug-likeness (QED) is 0.512. The Balaban J connectivity index is 1.52. The molecule has 0 aliphatic carbocycles. The maximum Gasteiger partial charge on any atom is 0.262 e. The Kier molecular flexibility index (Phi) is 6.78. The Bertz CT molecular complexity index is 1000. The molecule has 0 saturated carbocycles. The molecule has 0 saturated heterocycles. The number of amides is 1. The van der Waals surface area contributed by atoms with E-state index >= 15 is 0 Å². The maximum atomic E-state index is 12.1. The van der Waals surface area contributed by atoms with Crippen LogP contribution in [0.4, 0.5) is 11.4 Å². The van der Waals surface area contributed by atoms with Crippen LogP contribution in [-0.2, 0) is 11.3 Å². The summed E-state index contributed by atoms with van der Waals surface area (Å²) in [6.45, 7) is 6.74. The van der Waals surface area contributed by atoms with E-state index in [1.165, 1.54) is 11.1 Å². The van der Waals surface area contributed by atoms with Crippen molar-refractivity contribution >= 4 is 28.9 Å². The topological polar surface area (TPSA) is 50.4 Å². The first-order valence-electron chi connectivity index (χ1n) is 9.49. The van der Waals surface area contributed by atoms with Gasteiger partial charge in [-0.3, -0.25) is 4.79 Å². The minimum absolute atomic E-state index is 0.103. The van der Waals surface area contributed by atoms with Crippen molar-refractivity contribution in [3.63, 3.8) is 0 Å². The monoisotopic (exact) mass is 408 g/mol. The molecule has 0 unspecified atom stereocenters. The third kappa shape index (κ3) is 6.00. The third-order valence-electron chi connectivity index (χ3n) is 4.69. The smallest absolute Gasteiger partial charge is 0.262 e. The van der Waals surface area contributed by atoms with Crippen molar-refractivity contribution in [3.8, 4) is 5.75 Å². The second-order valence-corrected chi connectivity index (χ2v) is 7.53. The van der Waals surface area contributed by atoms with Gasteiger partial charge in [0.25, 0.3) is 5.91 Å². The van der Waals surface area contributed by atoms with Gasteiger partial charge in [-0.25, -0.2) is 0 Å². The lowest BCUT2D eigenvalue weighted by atomic mass is 10.1. The first-order valence-corrected chi connectivity index (χ1v) is 9.87. The summed E-state index contributed by atoms with van der Waals surface area (Å²) in [5.74, 6) is 0.256. The highest BCUT2D eigenvalue weighted by Gasteiger charge is 2.08. The fourth-order valence-corrected chi connectivity index (χ4v) is 3.06. The van der Waals surface area contributed by atoms with E-state index in [1.54, 1.807) is 6.07 Å². The number of benzene rings is 3. The van der Waals surface area contributed by atoms with E-state index in [2.05, 4.69) is 42.7 Å². The molecule has 0 aliphatic rings. The minimum atomic E-state index is -0.231. The lowest BCUT2D eigenvalue weighted by Gasteiger charge is -2.12. The fraction of sp³-hybridized carbons (Fsp3) is 0.208. The highest BCUT2D eigenvalue weighted by molar-refractivity contribution is 6.32. The van der Waals surface area contributed by atoms with Crippen LogP contribution in [0.3, 0.4) is 0 Å². The van der Waals surface area contributed by atoms with E-state index < -0.39 is 0 Å². The van der Waals surface area contributed by atoms with Crippen LogP contribution in [0.2, 0.25) is 5.02 Å². The standard InChI is InChI=1S/C24H25ClN2O2/c1-16-4-8-20(9-5-16)27-24(28)15-29-23-11-7-19(13-22(23)25)14-26-21-10-6-17(2)18(3)12-21/h4-13,26H,14-15H2,1-3H3,(H,27,28). The predicted molar refractivity (Wildman–Crippen MR) is 120 cm³/mol. The summed E-state index contributed by atoms with van der Waals surface area (Å²) in [5, 5.41) is 6.67. The molecule has 5 heteroatoms. The number of nitrogens with one attached hydrogen (secondary N) is 2. The number of carbonyl (C=O) groups is 1. The molecular formula is C24H25ClN2O2. The first-order chi connectivity index (χ1) is 13.9. The average Bonchev–Trinajstić information content (AvgIpc) is 2.70. The third-order valence-corrected chi connectivity index (χ3v) is 4.99. The second kappa shape index (κ2) is 9.48. The van der Waals surface area contributed by atoms with E-state index in [9.17, 15) is 4.79 Å². The number of anilines is 2. The predicted octanol–water partition coefficient (Wildman–Crippen LogP) is 5.89. The zero-order valence-corrected chi connectivity index (χ0v) is 17.6. The summed E-state index contributed by atoms with van der Waals surface area (Å²) >= 11 is 6.33. The van der Waals surface area contributed by atoms with Gasteiger partial charge in [-0.1, -0.05) is 41.4 Å². The lowest BCUT2D eigenvalue weighted by Crippen LogP contribution is -2.20. The molecule has 4 nitrogen and oxygen atoms in total. The molecule has 0 spiro atoms. The van der Waals surface area contributed by atoms with Crippen LogP contribution in [0.15, 0.2) is 60.7 Å². The first kappa shape index (κ1) is 20.7. The van der Waals surface area contributed by atoms with E-state index in [-0.39, 0.29) is 12.5 Å². The highest BCUT2D eigenvalue weighted by Crippen LogP contribution is 2.26. The van der Waals surface area contributed by atoms with Crippen molar-refractivity contribution in [2.75, 3.05) is 17.2 Å². The van der Waals surface area contributed by atoms with Crippen molar-refractivity contribution in [3.05, 3.63) is 87.9 Å².